The fraction of sp³-hybridized carbons (Fsp3) is 0.368. The van der Waals surface area contributed by atoms with Crippen molar-refractivity contribution in [3.8, 4) is 17.2 Å². The Balaban J connectivity index is 0.000000421. The van der Waals surface area contributed by atoms with E-state index < -0.39 is 0 Å². The minimum Gasteiger partial charge on any atom is -0.497 e. The summed E-state index contributed by atoms with van der Waals surface area (Å²) >= 11 is 5.84. The van der Waals surface area contributed by atoms with Crippen LogP contribution in [-0.2, 0) is 0 Å². The highest BCUT2D eigenvalue weighted by atomic mass is 35.5. The Bertz CT molecular complexity index is 622. The Kier molecular flexibility index (Phi) is 11.9. The number of methoxy groups -OCH3 is 3. The van der Waals surface area contributed by atoms with Crippen LogP contribution < -0.4 is 24.8 Å². The van der Waals surface area contributed by atoms with Gasteiger partial charge in [0.1, 0.15) is 17.2 Å². The quantitative estimate of drug-likeness (QED) is 0.763. The molecule has 0 atom stereocenters. The lowest BCUT2D eigenvalue weighted by Crippen LogP contribution is -1.94. The maximum atomic E-state index is 5.84. The molecule has 2 aromatic carbocycles. The largest absolute Gasteiger partial charge is 0.497 e. The van der Waals surface area contributed by atoms with Gasteiger partial charge in [-0.3, -0.25) is 0 Å². The van der Waals surface area contributed by atoms with E-state index in [0.717, 1.165) is 22.9 Å². The number of halogens is 1. The van der Waals surface area contributed by atoms with Crippen molar-refractivity contribution in [2.24, 2.45) is 0 Å². The summed E-state index contributed by atoms with van der Waals surface area (Å²) < 4.78 is 15.2. The second-order valence-electron chi connectivity index (χ2n) is 4.42. The van der Waals surface area contributed by atoms with Gasteiger partial charge >= 0.3 is 0 Å². The SMILES string of the molecule is CC.CNc1ccc(OC)c(Cl)c1.CNc1ccc(OC)cc1OC. The van der Waals surface area contributed by atoms with Gasteiger partial charge in [-0.25, -0.2) is 0 Å². The standard InChI is InChI=1S/C9H13NO2.C8H10ClNO.C2H6/c1-10-8-5-4-7(11-2)6-9(8)12-3;1-10-6-3-4-8(11-2)7(9)5-6;1-2/h4-6,10H,1-3H3;3-5,10H,1-2H3;1-2H3. The van der Waals surface area contributed by atoms with Crippen LogP contribution in [0, 0.1) is 0 Å². The van der Waals surface area contributed by atoms with Crippen LogP contribution in [0.15, 0.2) is 36.4 Å². The van der Waals surface area contributed by atoms with Gasteiger partial charge in [0, 0.05) is 25.8 Å². The number of ether oxygens (including phenoxy) is 3. The van der Waals surface area contributed by atoms with Crippen molar-refractivity contribution in [1.29, 1.82) is 0 Å². The average Bonchev–Trinajstić information content (AvgIpc) is 2.69. The first kappa shape index (κ1) is 22.7. The van der Waals surface area contributed by atoms with Gasteiger partial charge in [0.2, 0.25) is 0 Å². The summed E-state index contributed by atoms with van der Waals surface area (Å²) in [5, 5.41) is 6.62. The van der Waals surface area contributed by atoms with E-state index >= 15 is 0 Å². The van der Waals surface area contributed by atoms with Crippen molar-refractivity contribution in [2.45, 2.75) is 13.8 Å². The maximum absolute atomic E-state index is 5.84. The lowest BCUT2D eigenvalue weighted by Gasteiger charge is -2.08. The van der Waals surface area contributed by atoms with E-state index in [1.807, 2.05) is 64.3 Å². The Labute approximate surface area is 156 Å². The molecule has 0 fully saturated rings. The molecule has 0 aromatic heterocycles. The summed E-state index contributed by atoms with van der Waals surface area (Å²) in [4.78, 5) is 0. The monoisotopic (exact) mass is 368 g/mol. The van der Waals surface area contributed by atoms with E-state index in [4.69, 9.17) is 25.8 Å². The van der Waals surface area contributed by atoms with E-state index in [-0.39, 0.29) is 0 Å². The van der Waals surface area contributed by atoms with Crippen molar-refractivity contribution >= 4 is 23.0 Å². The Hall–Kier alpha value is -2.27. The minimum atomic E-state index is 0.624. The molecule has 0 bridgehead atoms. The Morgan fingerprint density at radius 3 is 1.84 bits per heavy atom. The molecule has 2 rings (SSSR count). The molecule has 2 N–H and O–H groups in total. The molecular formula is C19H29ClN2O3. The van der Waals surface area contributed by atoms with E-state index in [1.165, 1.54) is 0 Å². The summed E-state index contributed by atoms with van der Waals surface area (Å²) in [6, 6.07) is 11.2. The van der Waals surface area contributed by atoms with E-state index in [9.17, 15) is 0 Å². The second kappa shape index (κ2) is 13.1. The van der Waals surface area contributed by atoms with E-state index in [2.05, 4.69) is 10.6 Å². The first-order valence-corrected chi connectivity index (χ1v) is 8.38. The maximum Gasteiger partial charge on any atom is 0.145 e. The molecule has 0 heterocycles. The van der Waals surface area contributed by atoms with Gasteiger partial charge in [0.25, 0.3) is 0 Å². The number of hydrogen-bond donors (Lipinski definition) is 2. The van der Waals surface area contributed by atoms with Crippen LogP contribution in [0.1, 0.15) is 13.8 Å². The lowest BCUT2D eigenvalue weighted by molar-refractivity contribution is 0.395. The van der Waals surface area contributed by atoms with Gasteiger partial charge < -0.3 is 24.8 Å². The molecule has 25 heavy (non-hydrogen) atoms. The first-order chi connectivity index (χ1) is 12.1. The second-order valence-corrected chi connectivity index (χ2v) is 4.82. The van der Waals surface area contributed by atoms with Crippen LogP contribution >= 0.6 is 11.6 Å². The highest BCUT2D eigenvalue weighted by Crippen LogP contribution is 2.28. The van der Waals surface area contributed by atoms with Crippen LogP contribution in [0.4, 0.5) is 11.4 Å². The highest BCUT2D eigenvalue weighted by Gasteiger charge is 2.01. The fourth-order valence-corrected chi connectivity index (χ4v) is 2.08. The van der Waals surface area contributed by atoms with Crippen molar-refractivity contribution < 1.29 is 14.2 Å². The third-order valence-electron chi connectivity index (χ3n) is 3.12. The van der Waals surface area contributed by atoms with Crippen molar-refractivity contribution in [3.05, 3.63) is 41.4 Å². The molecule has 0 aliphatic heterocycles. The minimum absolute atomic E-state index is 0.624. The predicted molar refractivity (Wildman–Crippen MR) is 108 cm³/mol. The smallest absolute Gasteiger partial charge is 0.145 e. The molecule has 2 aromatic rings. The highest BCUT2D eigenvalue weighted by molar-refractivity contribution is 6.32. The molecule has 5 nitrogen and oxygen atoms in total. The van der Waals surface area contributed by atoms with Crippen LogP contribution in [0.25, 0.3) is 0 Å². The van der Waals surface area contributed by atoms with E-state index in [1.54, 1.807) is 21.3 Å². The Morgan fingerprint density at radius 2 is 1.40 bits per heavy atom. The lowest BCUT2D eigenvalue weighted by atomic mass is 10.3. The van der Waals surface area contributed by atoms with E-state index in [0.29, 0.717) is 10.8 Å². The third kappa shape index (κ3) is 7.44. The molecule has 0 amide bonds. The normalized spacial score (nSPS) is 8.80. The predicted octanol–water partition coefficient (Wildman–Crippen LogP) is 5.16. The van der Waals surface area contributed by atoms with Crippen LogP contribution in [0.5, 0.6) is 17.2 Å². The van der Waals surface area contributed by atoms with Crippen LogP contribution in [-0.4, -0.2) is 35.4 Å². The van der Waals surface area contributed by atoms with Gasteiger partial charge in [-0.2, -0.15) is 0 Å². The fourth-order valence-electron chi connectivity index (χ4n) is 1.83. The topological polar surface area (TPSA) is 51.8 Å². The number of nitrogens with one attached hydrogen (secondary N) is 2. The molecule has 0 aliphatic carbocycles. The van der Waals surface area contributed by atoms with Gasteiger partial charge in [-0.1, -0.05) is 25.4 Å². The Morgan fingerprint density at radius 1 is 0.760 bits per heavy atom. The number of anilines is 2. The van der Waals surface area contributed by atoms with Crippen LogP contribution in [0.3, 0.4) is 0 Å². The number of benzene rings is 2. The van der Waals surface area contributed by atoms with Crippen molar-refractivity contribution in [1.82, 2.24) is 0 Å². The van der Waals surface area contributed by atoms with Gasteiger partial charge in [0.05, 0.1) is 32.0 Å². The zero-order valence-electron chi connectivity index (χ0n) is 16.1. The molecule has 0 radical (unpaired) electrons. The molecule has 0 aliphatic rings. The van der Waals surface area contributed by atoms with Crippen LogP contribution in [0.2, 0.25) is 5.02 Å². The summed E-state index contributed by atoms with van der Waals surface area (Å²) in [5.41, 5.74) is 1.94. The van der Waals surface area contributed by atoms with Gasteiger partial charge in [-0.15, -0.1) is 0 Å². The number of rotatable bonds is 5. The zero-order chi connectivity index (χ0) is 19.2. The summed E-state index contributed by atoms with van der Waals surface area (Å²) in [6.45, 7) is 4.00. The zero-order valence-corrected chi connectivity index (χ0v) is 16.8. The van der Waals surface area contributed by atoms with Crippen molar-refractivity contribution in [3.63, 3.8) is 0 Å². The van der Waals surface area contributed by atoms with Crippen molar-refractivity contribution in [2.75, 3.05) is 46.1 Å². The molecule has 0 saturated carbocycles. The molecule has 6 heteroatoms. The average molecular weight is 369 g/mol. The summed E-state index contributed by atoms with van der Waals surface area (Å²) in [7, 11) is 8.56. The molecular weight excluding hydrogens is 340 g/mol. The molecule has 0 spiro atoms. The molecule has 140 valence electrons. The van der Waals surface area contributed by atoms with Gasteiger partial charge in [-0.05, 0) is 30.3 Å². The first-order valence-electron chi connectivity index (χ1n) is 8.00. The summed E-state index contributed by atoms with van der Waals surface area (Å²) in [6.07, 6.45) is 0. The summed E-state index contributed by atoms with van der Waals surface area (Å²) in [5.74, 6) is 2.29. The van der Waals surface area contributed by atoms with Gasteiger partial charge in [0.15, 0.2) is 0 Å². The molecule has 0 saturated heterocycles. The molecule has 0 unspecified atom stereocenters. The number of hydrogen-bond acceptors (Lipinski definition) is 5. The third-order valence-corrected chi connectivity index (χ3v) is 3.41.